The van der Waals surface area contributed by atoms with Crippen molar-refractivity contribution in [3.63, 3.8) is 0 Å². The van der Waals surface area contributed by atoms with Crippen molar-refractivity contribution in [1.29, 1.82) is 0 Å². The Kier molecular flexibility index (Phi) is 4.87. The van der Waals surface area contributed by atoms with Gasteiger partial charge in [-0.1, -0.05) is 0 Å². The van der Waals surface area contributed by atoms with Crippen molar-refractivity contribution in [2.75, 3.05) is 26.2 Å². The highest BCUT2D eigenvalue weighted by Gasteiger charge is 2.42. The van der Waals surface area contributed by atoms with Crippen LogP contribution in [0.15, 0.2) is 31.1 Å². The van der Waals surface area contributed by atoms with E-state index in [0.717, 1.165) is 37.9 Å². The Morgan fingerprint density at radius 2 is 2.11 bits per heavy atom. The Hall–Kier alpha value is -2.77. The maximum Gasteiger partial charge on any atom is 0.274 e. The zero-order chi connectivity index (χ0) is 18.7. The number of likely N-dealkylation sites (tertiary alicyclic amines) is 2. The zero-order valence-corrected chi connectivity index (χ0v) is 15.3. The normalized spacial score (nSPS) is 23.0. The zero-order valence-electron chi connectivity index (χ0n) is 15.3. The van der Waals surface area contributed by atoms with E-state index >= 15 is 0 Å². The maximum absolute atomic E-state index is 12.8. The third kappa shape index (κ3) is 3.84. The lowest BCUT2D eigenvalue weighted by Crippen LogP contribution is -2.55. The van der Waals surface area contributed by atoms with E-state index in [2.05, 4.69) is 19.9 Å². The van der Waals surface area contributed by atoms with Crippen molar-refractivity contribution in [1.82, 2.24) is 29.7 Å². The molecular weight excluding hydrogens is 344 g/mol. The summed E-state index contributed by atoms with van der Waals surface area (Å²) >= 11 is 0. The van der Waals surface area contributed by atoms with Gasteiger partial charge in [-0.3, -0.25) is 14.6 Å². The molecule has 1 unspecified atom stereocenters. The number of piperidine rings is 2. The largest absolute Gasteiger partial charge is 0.348 e. The lowest BCUT2D eigenvalue weighted by Gasteiger charge is -2.48. The van der Waals surface area contributed by atoms with E-state index in [1.807, 2.05) is 9.80 Å². The molecule has 2 amide bonds. The topological polar surface area (TPSA) is 95.1 Å². The third-order valence-electron chi connectivity index (χ3n) is 5.68. The quantitative estimate of drug-likeness (QED) is 0.877. The molecule has 2 aromatic heterocycles. The Labute approximate surface area is 158 Å². The first-order valence-corrected chi connectivity index (χ1v) is 9.46. The number of aromatic amines is 1. The summed E-state index contributed by atoms with van der Waals surface area (Å²) in [5, 5.41) is 0. The van der Waals surface area contributed by atoms with Crippen LogP contribution in [0.25, 0.3) is 0 Å². The predicted molar refractivity (Wildman–Crippen MR) is 97.7 cm³/mol. The summed E-state index contributed by atoms with van der Waals surface area (Å²) < 4.78 is 0. The van der Waals surface area contributed by atoms with Crippen molar-refractivity contribution in [2.24, 2.45) is 5.41 Å². The second kappa shape index (κ2) is 7.46. The average molecular weight is 368 g/mol. The van der Waals surface area contributed by atoms with Crippen molar-refractivity contribution < 1.29 is 9.59 Å². The van der Waals surface area contributed by atoms with Crippen LogP contribution in [0.3, 0.4) is 0 Å². The van der Waals surface area contributed by atoms with Crippen molar-refractivity contribution in [3.05, 3.63) is 42.5 Å². The van der Waals surface area contributed by atoms with E-state index in [1.54, 1.807) is 24.9 Å². The summed E-state index contributed by atoms with van der Waals surface area (Å²) in [6.45, 7) is 2.81. The molecule has 0 aliphatic carbocycles. The molecule has 1 N–H and O–H groups in total. The second-order valence-corrected chi connectivity index (χ2v) is 7.56. The SMILES string of the molecule is O=C1CCC2(CCCN(C(=O)c3cnccn3)C2)CN1CCc1cnc[nH]1. The minimum Gasteiger partial charge on any atom is -0.348 e. The lowest BCUT2D eigenvalue weighted by atomic mass is 9.73. The molecular formula is C19H24N6O2. The molecule has 8 nitrogen and oxygen atoms in total. The predicted octanol–water partition coefficient (Wildman–Crippen LogP) is 1.29. The fraction of sp³-hybridized carbons (Fsp3) is 0.526. The third-order valence-corrected chi connectivity index (χ3v) is 5.68. The first-order chi connectivity index (χ1) is 13.2. The standard InChI is InChI=1S/C19H24N6O2/c26-17-2-5-19(12-24(17)9-3-15-10-21-14-23-15)4-1-8-25(13-19)18(27)16-11-20-6-7-22-16/h6-7,10-11,14H,1-5,8-9,12-13H2,(H,21,23). The molecule has 4 heterocycles. The van der Waals surface area contributed by atoms with Crippen LogP contribution in [-0.4, -0.2) is 67.7 Å². The molecule has 0 radical (unpaired) electrons. The van der Waals surface area contributed by atoms with Gasteiger partial charge in [0, 0.05) is 68.7 Å². The van der Waals surface area contributed by atoms with Crippen molar-refractivity contribution in [2.45, 2.75) is 32.1 Å². The molecule has 2 fully saturated rings. The minimum absolute atomic E-state index is 0.0159. The smallest absolute Gasteiger partial charge is 0.274 e. The lowest BCUT2D eigenvalue weighted by molar-refractivity contribution is -0.138. The fourth-order valence-electron chi connectivity index (χ4n) is 4.27. The van der Waals surface area contributed by atoms with Crippen LogP contribution in [0, 0.1) is 5.41 Å². The number of aromatic nitrogens is 4. The summed E-state index contributed by atoms with van der Waals surface area (Å²) in [5.41, 5.74) is 1.40. The van der Waals surface area contributed by atoms with Gasteiger partial charge in [0.05, 0.1) is 12.5 Å². The molecule has 27 heavy (non-hydrogen) atoms. The average Bonchev–Trinajstić information content (AvgIpc) is 3.23. The fourth-order valence-corrected chi connectivity index (χ4v) is 4.27. The monoisotopic (exact) mass is 368 g/mol. The van der Waals surface area contributed by atoms with E-state index in [0.29, 0.717) is 31.7 Å². The number of nitrogens with one attached hydrogen (secondary N) is 1. The summed E-state index contributed by atoms with van der Waals surface area (Å²) in [6, 6.07) is 0. The number of carbonyl (C=O) groups excluding carboxylic acids is 2. The first kappa shape index (κ1) is 17.6. The molecule has 0 saturated carbocycles. The number of hydrogen-bond acceptors (Lipinski definition) is 5. The molecule has 2 aliphatic heterocycles. The van der Waals surface area contributed by atoms with Gasteiger partial charge in [0.2, 0.25) is 5.91 Å². The number of rotatable bonds is 4. The maximum atomic E-state index is 12.8. The number of imidazole rings is 1. The Morgan fingerprint density at radius 1 is 1.19 bits per heavy atom. The molecule has 2 saturated heterocycles. The number of hydrogen-bond donors (Lipinski definition) is 1. The van der Waals surface area contributed by atoms with Crippen LogP contribution >= 0.6 is 0 Å². The van der Waals surface area contributed by atoms with Crippen molar-refractivity contribution >= 4 is 11.8 Å². The molecule has 4 rings (SSSR count). The second-order valence-electron chi connectivity index (χ2n) is 7.56. The number of nitrogens with zero attached hydrogens (tertiary/aromatic N) is 5. The van der Waals surface area contributed by atoms with Crippen LogP contribution in [0.2, 0.25) is 0 Å². The minimum atomic E-state index is -0.0666. The number of H-pyrrole nitrogens is 1. The molecule has 0 bridgehead atoms. The number of carbonyl (C=O) groups is 2. The first-order valence-electron chi connectivity index (χ1n) is 9.46. The van der Waals surface area contributed by atoms with E-state index in [1.165, 1.54) is 6.20 Å². The molecule has 2 aromatic rings. The van der Waals surface area contributed by atoms with Gasteiger partial charge in [0.25, 0.3) is 5.91 Å². The summed E-state index contributed by atoms with van der Waals surface area (Å²) in [5.74, 6) is 0.139. The highest BCUT2D eigenvalue weighted by molar-refractivity contribution is 5.92. The van der Waals surface area contributed by atoms with Crippen molar-refractivity contribution in [3.8, 4) is 0 Å². The van der Waals surface area contributed by atoms with Gasteiger partial charge >= 0.3 is 0 Å². The molecule has 1 atom stereocenters. The van der Waals surface area contributed by atoms with Gasteiger partial charge in [0.1, 0.15) is 5.69 Å². The van der Waals surface area contributed by atoms with Gasteiger partial charge < -0.3 is 14.8 Å². The highest BCUT2D eigenvalue weighted by atomic mass is 16.2. The van der Waals surface area contributed by atoms with E-state index in [4.69, 9.17) is 0 Å². The van der Waals surface area contributed by atoms with Gasteiger partial charge in [-0.25, -0.2) is 9.97 Å². The molecule has 2 aliphatic rings. The Balaban J connectivity index is 1.43. The molecule has 142 valence electrons. The molecule has 8 heteroatoms. The van der Waals surface area contributed by atoms with Crippen LogP contribution in [0.1, 0.15) is 41.9 Å². The van der Waals surface area contributed by atoms with E-state index < -0.39 is 0 Å². The van der Waals surface area contributed by atoms with Crippen LogP contribution in [0.4, 0.5) is 0 Å². The Morgan fingerprint density at radius 3 is 2.89 bits per heavy atom. The van der Waals surface area contributed by atoms with Crippen LogP contribution in [-0.2, 0) is 11.2 Å². The van der Waals surface area contributed by atoms with Crippen LogP contribution < -0.4 is 0 Å². The van der Waals surface area contributed by atoms with Crippen LogP contribution in [0.5, 0.6) is 0 Å². The Bertz CT molecular complexity index is 794. The molecule has 0 aromatic carbocycles. The highest BCUT2D eigenvalue weighted by Crippen LogP contribution is 2.39. The van der Waals surface area contributed by atoms with Gasteiger partial charge in [-0.05, 0) is 19.3 Å². The van der Waals surface area contributed by atoms with Gasteiger partial charge in [-0.2, -0.15) is 0 Å². The number of amides is 2. The van der Waals surface area contributed by atoms with Gasteiger partial charge in [0.15, 0.2) is 0 Å². The summed E-state index contributed by atoms with van der Waals surface area (Å²) in [7, 11) is 0. The van der Waals surface area contributed by atoms with E-state index in [-0.39, 0.29) is 17.2 Å². The summed E-state index contributed by atoms with van der Waals surface area (Å²) in [4.78, 5) is 44.3. The van der Waals surface area contributed by atoms with E-state index in [9.17, 15) is 9.59 Å². The van der Waals surface area contributed by atoms with Gasteiger partial charge in [-0.15, -0.1) is 0 Å². The summed E-state index contributed by atoms with van der Waals surface area (Å²) in [6.07, 6.45) is 12.3. The molecule has 1 spiro atoms.